The van der Waals surface area contributed by atoms with E-state index in [2.05, 4.69) is 30.0 Å². The molecule has 20 heteroatoms. The van der Waals surface area contributed by atoms with Gasteiger partial charge in [-0.05, 0) is 42.0 Å². The summed E-state index contributed by atoms with van der Waals surface area (Å²) >= 11 is 1.19. The molecule has 4 aromatic rings. The Kier molecular flexibility index (Phi) is 9.14. The first-order valence-corrected chi connectivity index (χ1v) is 15.3. The molecule has 0 radical (unpaired) electrons. The molecule has 2 aromatic heterocycles. The molecule has 246 valence electrons. The number of piperazine rings is 1. The number of fused-ring (bicyclic) bond motifs is 1. The van der Waals surface area contributed by atoms with Crippen molar-refractivity contribution in [2.45, 2.75) is 30.2 Å². The molecule has 0 bridgehead atoms. The van der Waals surface area contributed by atoms with Gasteiger partial charge in [-0.2, -0.15) is 9.40 Å². The second-order valence-electron chi connectivity index (χ2n) is 9.57. The molecule has 1 fully saturated rings. The van der Waals surface area contributed by atoms with E-state index < -0.39 is 46.2 Å². The van der Waals surface area contributed by atoms with Crippen molar-refractivity contribution in [3.05, 3.63) is 60.3 Å². The van der Waals surface area contributed by atoms with Crippen molar-refractivity contribution >= 4 is 42.6 Å². The number of ether oxygens (including phenoxy) is 3. The number of nitrogens with zero attached hydrogens (tertiary/aromatic N) is 5. The first kappa shape index (κ1) is 32.9. The molecule has 5 rings (SSSR count). The molecule has 1 N–H and O–H groups in total. The van der Waals surface area contributed by atoms with Crippen molar-refractivity contribution in [2.24, 2.45) is 0 Å². The van der Waals surface area contributed by atoms with Crippen LogP contribution in [0.25, 0.3) is 10.2 Å². The standard InChI is InChI=1S/C26H22F6N6O6S2/c1-42-23-21-19(13-34-36-23)35-24(45-21)37-10-11-38(46(40,41)18-8-6-17(7-9-18)44-26(30,31)32)20(14-37)22(39)33-12-15-2-4-16(5-3-15)43-25(27,28)29/h2-9,13,20H,10-12,14H2,1H3,(H,33,39)/t20-/m1/s1. The van der Waals surface area contributed by atoms with Gasteiger partial charge in [-0.3, -0.25) is 4.79 Å². The van der Waals surface area contributed by atoms with Gasteiger partial charge in [0.15, 0.2) is 5.13 Å². The smallest absolute Gasteiger partial charge is 0.479 e. The number of thiazole rings is 1. The third kappa shape index (κ3) is 7.68. The minimum atomic E-state index is -4.98. The number of benzene rings is 2. The SMILES string of the molecule is COc1nncc2nc(N3CCN(S(=O)(=O)c4ccc(OC(F)(F)F)cc4)[C@@H](C(=O)NCc4ccc(OC(F)(F)F)cc4)C3)sc12. The van der Waals surface area contributed by atoms with E-state index in [1.165, 1.54) is 36.8 Å². The Hall–Kier alpha value is -4.43. The summed E-state index contributed by atoms with van der Waals surface area (Å²) in [4.78, 5) is 19.4. The van der Waals surface area contributed by atoms with Crippen LogP contribution in [0.2, 0.25) is 0 Å². The normalized spacial score (nSPS) is 16.3. The van der Waals surface area contributed by atoms with Gasteiger partial charge in [0.2, 0.25) is 15.9 Å². The number of nitrogens with one attached hydrogen (secondary N) is 1. The maximum Gasteiger partial charge on any atom is 0.573 e. The number of hydrogen-bond acceptors (Lipinski definition) is 11. The summed E-state index contributed by atoms with van der Waals surface area (Å²) in [6.45, 7) is -0.480. The van der Waals surface area contributed by atoms with Crippen molar-refractivity contribution in [1.29, 1.82) is 0 Å². The van der Waals surface area contributed by atoms with E-state index in [4.69, 9.17) is 4.74 Å². The zero-order valence-electron chi connectivity index (χ0n) is 23.4. The molecule has 0 saturated carbocycles. The van der Waals surface area contributed by atoms with E-state index in [1.807, 2.05) is 0 Å². The van der Waals surface area contributed by atoms with Crippen LogP contribution in [0.3, 0.4) is 0 Å². The second-order valence-corrected chi connectivity index (χ2v) is 12.4. The summed E-state index contributed by atoms with van der Waals surface area (Å²) in [5, 5.41) is 10.8. The Labute approximate surface area is 260 Å². The maximum absolute atomic E-state index is 13.7. The van der Waals surface area contributed by atoms with Crippen LogP contribution in [0.4, 0.5) is 31.5 Å². The Morgan fingerprint density at radius 3 is 2.17 bits per heavy atom. The van der Waals surface area contributed by atoms with Gasteiger partial charge in [0, 0.05) is 26.2 Å². The van der Waals surface area contributed by atoms with Crippen molar-refractivity contribution in [1.82, 2.24) is 24.8 Å². The van der Waals surface area contributed by atoms with E-state index in [9.17, 15) is 39.6 Å². The van der Waals surface area contributed by atoms with Crippen LogP contribution >= 0.6 is 11.3 Å². The van der Waals surface area contributed by atoms with Gasteiger partial charge in [-0.1, -0.05) is 23.5 Å². The first-order valence-electron chi connectivity index (χ1n) is 13.0. The van der Waals surface area contributed by atoms with Crippen LogP contribution in [-0.2, 0) is 21.4 Å². The van der Waals surface area contributed by atoms with Crippen LogP contribution in [-0.4, -0.2) is 79.3 Å². The van der Waals surface area contributed by atoms with Gasteiger partial charge in [0.05, 0.1) is 18.2 Å². The minimum absolute atomic E-state index is 0.0853. The van der Waals surface area contributed by atoms with E-state index in [-0.39, 0.29) is 37.0 Å². The van der Waals surface area contributed by atoms with Crippen molar-refractivity contribution in [3.8, 4) is 17.4 Å². The largest absolute Gasteiger partial charge is 0.573 e. The Morgan fingerprint density at radius 2 is 1.59 bits per heavy atom. The molecule has 2 aromatic carbocycles. The quantitative estimate of drug-likeness (QED) is 0.256. The zero-order valence-corrected chi connectivity index (χ0v) is 25.0. The minimum Gasteiger partial charge on any atom is -0.479 e. The Morgan fingerprint density at radius 1 is 0.978 bits per heavy atom. The predicted octanol–water partition coefficient (Wildman–Crippen LogP) is 4.09. The van der Waals surface area contributed by atoms with Crippen LogP contribution < -0.4 is 24.4 Å². The monoisotopic (exact) mass is 692 g/mol. The van der Waals surface area contributed by atoms with Crippen LogP contribution in [0.1, 0.15) is 5.56 Å². The van der Waals surface area contributed by atoms with E-state index >= 15 is 0 Å². The number of carbonyl (C=O) groups is 1. The van der Waals surface area contributed by atoms with Crippen molar-refractivity contribution in [3.63, 3.8) is 0 Å². The average Bonchev–Trinajstić information content (AvgIpc) is 3.44. The lowest BCUT2D eigenvalue weighted by molar-refractivity contribution is -0.275. The Balaban J connectivity index is 1.39. The molecule has 1 amide bonds. The highest BCUT2D eigenvalue weighted by molar-refractivity contribution is 7.89. The van der Waals surface area contributed by atoms with E-state index in [0.717, 1.165) is 40.7 Å². The predicted molar refractivity (Wildman–Crippen MR) is 150 cm³/mol. The summed E-state index contributed by atoms with van der Waals surface area (Å²) in [6.07, 6.45) is -8.45. The van der Waals surface area contributed by atoms with Crippen LogP contribution in [0, 0.1) is 0 Å². The number of carbonyl (C=O) groups excluding carboxylic acids is 1. The number of halogens is 6. The summed E-state index contributed by atoms with van der Waals surface area (Å²) in [7, 11) is -3.03. The summed E-state index contributed by atoms with van der Waals surface area (Å²) in [5.74, 6) is -1.62. The summed E-state index contributed by atoms with van der Waals surface area (Å²) in [5.41, 5.74) is 0.852. The molecule has 1 saturated heterocycles. The molecular weight excluding hydrogens is 670 g/mol. The molecule has 0 aliphatic carbocycles. The molecule has 3 heterocycles. The molecular formula is C26H22F6N6O6S2. The highest BCUT2D eigenvalue weighted by Crippen LogP contribution is 2.35. The molecule has 1 aliphatic heterocycles. The third-order valence-corrected chi connectivity index (χ3v) is 9.59. The van der Waals surface area contributed by atoms with Gasteiger partial charge in [-0.15, -0.1) is 31.4 Å². The lowest BCUT2D eigenvalue weighted by atomic mass is 10.1. The molecule has 0 spiro atoms. The molecule has 46 heavy (non-hydrogen) atoms. The number of anilines is 1. The number of methoxy groups -OCH3 is 1. The van der Waals surface area contributed by atoms with Gasteiger partial charge < -0.3 is 24.4 Å². The van der Waals surface area contributed by atoms with Gasteiger partial charge in [0.25, 0.3) is 5.88 Å². The van der Waals surface area contributed by atoms with Crippen molar-refractivity contribution in [2.75, 3.05) is 31.6 Å². The second kappa shape index (κ2) is 12.8. The number of sulfonamides is 1. The summed E-state index contributed by atoms with van der Waals surface area (Å²) in [6, 6.07) is 6.90. The molecule has 1 atom stereocenters. The lowest BCUT2D eigenvalue weighted by Crippen LogP contribution is -2.60. The average molecular weight is 693 g/mol. The van der Waals surface area contributed by atoms with Crippen LogP contribution in [0.5, 0.6) is 17.4 Å². The lowest BCUT2D eigenvalue weighted by Gasteiger charge is -2.39. The number of rotatable bonds is 9. The fourth-order valence-electron chi connectivity index (χ4n) is 4.52. The van der Waals surface area contributed by atoms with Crippen LogP contribution in [0.15, 0.2) is 59.6 Å². The number of hydrogen-bond donors (Lipinski definition) is 1. The highest BCUT2D eigenvalue weighted by atomic mass is 32.2. The number of alkyl halides is 6. The fraction of sp³-hybridized carbons (Fsp3) is 0.308. The number of aromatic nitrogens is 3. The highest BCUT2D eigenvalue weighted by Gasteiger charge is 2.41. The van der Waals surface area contributed by atoms with Gasteiger partial charge in [0.1, 0.15) is 27.8 Å². The van der Waals surface area contributed by atoms with Gasteiger partial charge >= 0.3 is 12.7 Å². The first-order chi connectivity index (χ1) is 21.6. The fourth-order valence-corrected chi connectivity index (χ4v) is 7.12. The zero-order chi connectivity index (χ0) is 33.3. The van der Waals surface area contributed by atoms with Gasteiger partial charge in [-0.25, -0.2) is 13.4 Å². The maximum atomic E-state index is 13.7. The van der Waals surface area contributed by atoms with E-state index in [0.29, 0.717) is 20.9 Å². The molecule has 12 nitrogen and oxygen atoms in total. The summed E-state index contributed by atoms with van der Waals surface area (Å²) < 4.78 is 117. The van der Waals surface area contributed by atoms with Crippen molar-refractivity contribution < 1.29 is 53.8 Å². The Bertz CT molecular complexity index is 1800. The molecule has 0 unspecified atom stereocenters. The molecule has 1 aliphatic rings. The number of amides is 1. The topological polar surface area (TPSA) is 136 Å². The van der Waals surface area contributed by atoms with E-state index in [1.54, 1.807) is 4.90 Å². The third-order valence-electron chi connectivity index (χ3n) is 6.55.